The van der Waals surface area contributed by atoms with Gasteiger partial charge in [0.2, 0.25) is 10.0 Å². The smallest absolute Gasteiger partial charge is 0.246 e. The summed E-state index contributed by atoms with van der Waals surface area (Å²) in [5.41, 5.74) is 0.806. The highest BCUT2D eigenvalue weighted by molar-refractivity contribution is 7.89. The Hall–Kier alpha value is -1.11. The molecule has 0 amide bonds. The number of aryl methyl sites for hydroxylation is 2. The fraction of sp³-hybridized carbons (Fsp3) is 0.600. The zero-order chi connectivity index (χ0) is 16.0. The number of methoxy groups -OCH3 is 1. The lowest BCUT2D eigenvalue weighted by molar-refractivity contribution is 0.0843. The second-order valence-corrected chi connectivity index (χ2v) is 7.87. The molecule has 2 rings (SSSR count). The third-order valence-corrected chi connectivity index (χ3v) is 6.26. The van der Waals surface area contributed by atoms with Crippen LogP contribution in [0.3, 0.4) is 0 Å². The van der Waals surface area contributed by atoms with Crippen LogP contribution in [0.4, 0.5) is 0 Å². The van der Waals surface area contributed by atoms with Crippen molar-refractivity contribution in [3.8, 4) is 5.75 Å². The third kappa shape index (κ3) is 2.67. The summed E-state index contributed by atoms with van der Waals surface area (Å²) in [4.78, 5) is 0.341. The van der Waals surface area contributed by atoms with E-state index in [0.29, 0.717) is 28.4 Å². The van der Waals surface area contributed by atoms with Crippen LogP contribution in [0.2, 0.25) is 0 Å². The lowest BCUT2D eigenvalue weighted by atomic mass is 10.1. The van der Waals surface area contributed by atoms with Crippen LogP contribution < -0.4 is 4.74 Å². The summed E-state index contributed by atoms with van der Waals surface area (Å²) >= 11 is 0. The Morgan fingerprint density at radius 1 is 1.29 bits per heavy atom. The molecule has 0 aromatic heterocycles. The summed E-state index contributed by atoms with van der Waals surface area (Å²) in [6.07, 6.45) is -0.467. The Labute approximate surface area is 126 Å². The maximum atomic E-state index is 13.1. The molecule has 0 saturated carbocycles. The molecule has 1 aromatic carbocycles. The first-order chi connectivity index (χ1) is 9.61. The summed E-state index contributed by atoms with van der Waals surface area (Å²) in [6, 6.07) is 3.49. The van der Waals surface area contributed by atoms with Crippen LogP contribution in [-0.2, 0) is 14.8 Å². The van der Waals surface area contributed by atoms with E-state index in [4.69, 9.17) is 9.47 Å². The van der Waals surface area contributed by atoms with Gasteiger partial charge in [-0.25, -0.2) is 8.42 Å². The molecular formula is C15H23NO4S. The number of hydrogen-bond acceptors (Lipinski definition) is 4. The molecule has 1 atom stereocenters. The van der Waals surface area contributed by atoms with Gasteiger partial charge in [-0.1, -0.05) is 0 Å². The van der Waals surface area contributed by atoms with Crippen molar-refractivity contribution in [3.63, 3.8) is 0 Å². The molecule has 5 nitrogen and oxygen atoms in total. The molecule has 0 aliphatic carbocycles. The molecule has 1 saturated heterocycles. The van der Waals surface area contributed by atoms with Gasteiger partial charge >= 0.3 is 0 Å². The fourth-order valence-electron chi connectivity index (χ4n) is 3.00. The van der Waals surface area contributed by atoms with E-state index in [-0.39, 0.29) is 0 Å². The van der Waals surface area contributed by atoms with Gasteiger partial charge in [-0.2, -0.15) is 4.31 Å². The molecule has 1 unspecified atom stereocenters. The topological polar surface area (TPSA) is 55.8 Å². The summed E-state index contributed by atoms with van der Waals surface area (Å²) in [5.74, 6) is 0.661. The Morgan fingerprint density at radius 3 is 2.19 bits per heavy atom. The Bertz CT molecular complexity index is 629. The van der Waals surface area contributed by atoms with Crippen LogP contribution in [0.5, 0.6) is 5.75 Å². The second-order valence-electron chi connectivity index (χ2n) is 6.11. The first-order valence-electron chi connectivity index (χ1n) is 6.92. The van der Waals surface area contributed by atoms with E-state index >= 15 is 0 Å². The summed E-state index contributed by atoms with van der Waals surface area (Å²) in [5, 5.41) is 0. The molecule has 0 radical (unpaired) electrons. The van der Waals surface area contributed by atoms with Crippen molar-refractivity contribution in [2.24, 2.45) is 0 Å². The van der Waals surface area contributed by atoms with Gasteiger partial charge < -0.3 is 9.47 Å². The predicted molar refractivity (Wildman–Crippen MR) is 81.0 cm³/mol. The number of sulfonamides is 1. The molecule has 1 aromatic rings. The normalized spacial score (nSPS) is 22.5. The monoisotopic (exact) mass is 313 g/mol. The van der Waals surface area contributed by atoms with Gasteiger partial charge in [0.25, 0.3) is 0 Å². The Balaban J connectivity index is 2.60. The van der Waals surface area contributed by atoms with Crippen LogP contribution >= 0.6 is 0 Å². The zero-order valence-corrected chi connectivity index (χ0v) is 14.2. The van der Waals surface area contributed by atoms with Crippen LogP contribution in [0.15, 0.2) is 17.0 Å². The van der Waals surface area contributed by atoms with Crippen molar-refractivity contribution in [1.29, 1.82) is 0 Å². The molecule has 118 valence electrons. The van der Waals surface area contributed by atoms with Crippen molar-refractivity contribution in [2.75, 3.05) is 13.7 Å². The molecule has 21 heavy (non-hydrogen) atoms. The zero-order valence-electron chi connectivity index (χ0n) is 13.4. The standard InChI is InChI=1S/C15H23NO4S/c1-10-7-13(19-6)8-11(2)14(10)21(17,18)16-12(3)20-9-15(16,4)5/h7-8,12H,9H2,1-6H3. The van der Waals surface area contributed by atoms with Gasteiger partial charge in [0.1, 0.15) is 12.0 Å². The number of rotatable bonds is 3. The Kier molecular flexibility index (Phi) is 4.08. The maximum absolute atomic E-state index is 13.1. The minimum absolute atomic E-state index is 0.341. The average Bonchev–Trinajstić information content (AvgIpc) is 2.62. The van der Waals surface area contributed by atoms with Crippen LogP contribution in [0.25, 0.3) is 0 Å². The van der Waals surface area contributed by atoms with Crippen molar-refractivity contribution in [3.05, 3.63) is 23.3 Å². The van der Waals surface area contributed by atoms with E-state index in [1.807, 2.05) is 13.8 Å². The fourth-order valence-corrected chi connectivity index (χ4v) is 5.29. The first-order valence-corrected chi connectivity index (χ1v) is 8.36. The van der Waals surface area contributed by atoms with Crippen LogP contribution in [0, 0.1) is 13.8 Å². The van der Waals surface area contributed by atoms with E-state index in [0.717, 1.165) is 0 Å². The molecule has 6 heteroatoms. The van der Waals surface area contributed by atoms with E-state index in [1.54, 1.807) is 40.0 Å². The SMILES string of the molecule is COc1cc(C)c(S(=O)(=O)N2C(C)OCC2(C)C)c(C)c1. The van der Waals surface area contributed by atoms with Crippen molar-refractivity contribution in [2.45, 2.75) is 51.3 Å². The van der Waals surface area contributed by atoms with Crippen LogP contribution in [0.1, 0.15) is 31.9 Å². The summed E-state index contributed by atoms with van der Waals surface area (Å²) in [7, 11) is -2.06. The molecule has 1 aliphatic heterocycles. The minimum atomic E-state index is -3.63. The van der Waals surface area contributed by atoms with E-state index in [2.05, 4.69) is 0 Å². The summed E-state index contributed by atoms with van der Waals surface area (Å²) in [6.45, 7) is 9.49. The molecule has 1 heterocycles. The van der Waals surface area contributed by atoms with E-state index in [9.17, 15) is 8.42 Å². The van der Waals surface area contributed by atoms with Gasteiger partial charge in [-0.15, -0.1) is 0 Å². The minimum Gasteiger partial charge on any atom is -0.497 e. The van der Waals surface area contributed by atoms with Gasteiger partial charge in [-0.3, -0.25) is 0 Å². The van der Waals surface area contributed by atoms with Crippen molar-refractivity contribution in [1.82, 2.24) is 4.31 Å². The number of nitrogens with zero attached hydrogens (tertiary/aromatic N) is 1. The van der Waals surface area contributed by atoms with Crippen LogP contribution in [-0.4, -0.2) is 38.2 Å². The summed E-state index contributed by atoms with van der Waals surface area (Å²) < 4.78 is 38.4. The third-order valence-electron chi connectivity index (χ3n) is 3.79. The van der Waals surface area contributed by atoms with Crippen molar-refractivity contribution < 1.29 is 17.9 Å². The Morgan fingerprint density at radius 2 is 1.81 bits per heavy atom. The van der Waals surface area contributed by atoms with Crippen molar-refractivity contribution >= 4 is 10.0 Å². The first kappa shape index (κ1) is 16.3. The molecule has 0 bridgehead atoms. The second kappa shape index (κ2) is 5.26. The number of ether oxygens (including phenoxy) is 2. The highest BCUT2D eigenvalue weighted by Crippen LogP contribution is 2.36. The largest absolute Gasteiger partial charge is 0.497 e. The molecule has 0 spiro atoms. The lowest BCUT2D eigenvalue weighted by Crippen LogP contribution is -2.47. The molecule has 1 fully saturated rings. The highest BCUT2D eigenvalue weighted by atomic mass is 32.2. The predicted octanol–water partition coefficient (Wildman–Crippen LogP) is 2.46. The molecular weight excluding hydrogens is 290 g/mol. The lowest BCUT2D eigenvalue weighted by Gasteiger charge is -2.32. The van der Waals surface area contributed by atoms with Gasteiger partial charge in [0, 0.05) is 0 Å². The van der Waals surface area contributed by atoms with E-state index in [1.165, 1.54) is 4.31 Å². The maximum Gasteiger partial charge on any atom is 0.246 e. The average molecular weight is 313 g/mol. The van der Waals surface area contributed by atoms with E-state index < -0.39 is 21.8 Å². The molecule has 0 N–H and O–H groups in total. The van der Waals surface area contributed by atoms with Gasteiger partial charge in [-0.05, 0) is 57.9 Å². The quantitative estimate of drug-likeness (QED) is 0.860. The van der Waals surface area contributed by atoms with Gasteiger partial charge in [0.05, 0.1) is 24.2 Å². The van der Waals surface area contributed by atoms with Gasteiger partial charge in [0.15, 0.2) is 0 Å². The molecule has 1 aliphatic rings. The highest BCUT2D eigenvalue weighted by Gasteiger charge is 2.47. The number of benzene rings is 1. The number of hydrogen-bond donors (Lipinski definition) is 0.